The summed E-state index contributed by atoms with van der Waals surface area (Å²) in [6.07, 6.45) is 2.75. The van der Waals surface area contributed by atoms with Crippen LogP contribution in [0, 0.1) is 15.4 Å². The van der Waals surface area contributed by atoms with E-state index in [1.54, 1.807) is 6.20 Å². The van der Waals surface area contributed by atoms with Gasteiger partial charge in [-0.3, -0.25) is 4.79 Å². The summed E-state index contributed by atoms with van der Waals surface area (Å²) in [7, 11) is 0. The van der Waals surface area contributed by atoms with Gasteiger partial charge in [-0.05, 0) is 47.1 Å². The minimum atomic E-state index is 0.103. The van der Waals surface area contributed by atoms with Crippen LogP contribution in [0.15, 0.2) is 18.3 Å². The van der Waals surface area contributed by atoms with Crippen molar-refractivity contribution in [3.63, 3.8) is 0 Å². The van der Waals surface area contributed by atoms with Gasteiger partial charge in [0.05, 0.1) is 0 Å². The maximum atomic E-state index is 11.5. The molecule has 14 heavy (non-hydrogen) atoms. The first-order valence-electron chi connectivity index (χ1n) is 4.59. The Balaban J connectivity index is 1.97. The Labute approximate surface area is 96.4 Å². The summed E-state index contributed by atoms with van der Waals surface area (Å²) >= 11 is 2.18. The molecule has 4 heteroatoms. The van der Waals surface area contributed by atoms with Crippen molar-refractivity contribution in [2.24, 2.45) is 11.8 Å². The summed E-state index contributed by atoms with van der Waals surface area (Å²) in [5.74, 6) is 1.50. The SMILES string of the molecule is C[C@H]1C[C@@H]1C(=O)Nc1ccc(I)cn1. The van der Waals surface area contributed by atoms with Crippen molar-refractivity contribution in [1.82, 2.24) is 4.98 Å². The molecular weight excluding hydrogens is 291 g/mol. The highest BCUT2D eigenvalue weighted by Gasteiger charge is 2.39. The summed E-state index contributed by atoms with van der Waals surface area (Å²) in [5, 5.41) is 2.81. The molecule has 1 aliphatic rings. The molecule has 3 nitrogen and oxygen atoms in total. The molecule has 1 aliphatic carbocycles. The quantitative estimate of drug-likeness (QED) is 0.852. The second kappa shape index (κ2) is 3.84. The zero-order chi connectivity index (χ0) is 10.1. The van der Waals surface area contributed by atoms with Crippen molar-refractivity contribution in [2.45, 2.75) is 13.3 Å². The molecule has 0 bridgehead atoms. The molecular formula is C10H11IN2O. The van der Waals surface area contributed by atoms with Gasteiger partial charge in [0.1, 0.15) is 5.82 Å². The molecule has 1 fully saturated rings. The van der Waals surface area contributed by atoms with Crippen LogP contribution >= 0.6 is 22.6 Å². The molecule has 0 spiro atoms. The molecule has 1 aromatic heterocycles. The fourth-order valence-electron chi connectivity index (χ4n) is 1.36. The van der Waals surface area contributed by atoms with Gasteiger partial charge in [-0.2, -0.15) is 0 Å². The maximum Gasteiger partial charge on any atom is 0.228 e. The second-order valence-electron chi connectivity index (χ2n) is 3.67. The van der Waals surface area contributed by atoms with E-state index in [4.69, 9.17) is 0 Å². The van der Waals surface area contributed by atoms with E-state index >= 15 is 0 Å². The van der Waals surface area contributed by atoms with E-state index in [1.165, 1.54) is 0 Å². The minimum absolute atomic E-state index is 0.103. The highest BCUT2D eigenvalue weighted by Crippen LogP contribution is 2.38. The lowest BCUT2D eigenvalue weighted by molar-refractivity contribution is -0.117. The molecule has 2 rings (SSSR count). The number of halogens is 1. The van der Waals surface area contributed by atoms with Gasteiger partial charge in [0.2, 0.25) is 5.91 Å². The lowest BCUT2D eigenvalue weighted by Gasteiger charge is -2.02. The fraction of sp³-hybridized carbons (Fsp3) is 0.400. The highest BCUT2D eigenvalue weighted by atomic mass is 127. The Morgan fingerprint density at radius 1 is 1.64 bits per heavy atom. The Kier molecular flexibility index (Phi) is 2.71. The number of anilines is 1. The molecule has 1 amide bonds. The molecule has 74 valence electrons. The van der Waals surface area contributed by atoms with Gasteiger partial charge in [-0.25, -0.2) is 4.98 Å². The van der Waals surface area contributed by atoms with Crippen LogP contribution in [0.25, 0.3) is 0 Å². The number of rotatable bonds is 2. The largest absolute Gasteiger partial charge is 0.310 e. The number of pyridine rings is 1. The number of amides is 1. The first kappa shape index (κ1) is 9.89. The Bertz CT molecular complexity index is 350. The number of hydrogen-bond donors (Lipinski definition) is 1. The highest BCUT2D eigenvalue weighted by molar-refractivity contribution is 14.1. The van der Waals surface area contributed by atoms with Crippen molar-refractivity contribution in [3.8, 4) is 0 Å². The Hall–Kier alpha value is -0.650. The molecule has 2 atom stereocenters. The topological polar surface area (TPSA) is 42.0 Å². The predicted octanol–water partition coefficient (Wildman–Crippen LogP) is 2.28. The number of hydrogen-bond acceptors (Lipinski definition) is 2. The Morgan fingerprint density at radius 2 is 2.36 bits per heavy atom. The lowest BCUT2D eigenvalue weighted by Crippen LogP contribution is -2.15. The molecule has 0 unspecified atom stereocenters. The zero-order valence-corrected chi connectivity index (χ0v) is 9.98. The minimum Gasteiger partial charge on any atom is -0.310 e. The van der Waals surface area contributed by atoms with Gasteiger partial charge < -0.3 is 5.32 Å². The van der Waals surface area contributed by atoms with E-state index in [0.29, 0.717) is 11.7 Å². The summed E-state index contributed by atoms with van der Waals surface area (Å²) in [4.78, 5) is 15.6. The van der Waals surface area contributed by atoms with E-state index in [9.17, 15) is 4.79 Å². The van der Waals surface area contributed by atoms with E-state index in [1.807, 2.05) is 12.1 Å². The van der Waals surface area contributed by atoms with Crippen LogP contribution in [0.2, 0.25) is 0 Å². The normalized spacial score (nSPS) is 24.4. The summed E-state index contributed by atoms with van der Waals surface area (Å²) in [5.41, 5.74) is 0. The van der Waals surface area contributed by atoms with E-state index < -0.39 is 0 Å². The first-order chi connectivity index (χ1) is 6.66. The molecule has 0 saturated heterocycles. The number of carbonyl (C=O) groups excluding carboxylic acids is 1. The van der Waals surface area contributed by atoms with Gasteiger partial charge in [-0.1, -0.05) is 6.92 Å². The summed E-state index contributed by atoms with van der Waals surface area (Å²) in [6.45, 7) is 2.09. The molecule has 0 aromatic carbocycles. The fourth-order valence-corrected chi connectivity index (χ4v) is 1.68. The third-order valence-electron chi connectivity index (χ3n) is 2.42. The number of carbonyl (C=O) groups is 1. The monoisotopic (exact) mass is 302 g/mol. The molecule has 1 heterocycles. The standard InChI is InChI=1S/C10H11IN2O/c1-6-4-8(6)10(14)13-9-3-2-7(11)5-12-9/h2-3,5-6,8H,4H2,1H3,(H,12,13,14)/t6-,8-/m0/s1. The number of nitrogens with one attached hydrogen (secondary N) is 1. The molecule has 0 radical (unpaired) electrons. The third-order valence-corrected chi connectivity index (χ3v) is 3.06. The van der Waals surface area contributed by atoms with Crippen LogP contribution in [-0.4, -0.2) is 10.9 Å². The molecule has 0 aliphatic heterocycles. The third kappa shape index (κ3) is 2.23. The van der Waals surface area contributed by atoms with Crippen LogP contribution in [0.3, 0.4) is 0 Å². The van der Waals surface area contributed by atoms with Gasteiger partial charge in [0.25, 0.3) is 0 Å². The summed E-state index contributed by atoms with van der Waals surface area (Å²) < 4.78 is 1.07. The van der Waals surface area contributed by atoms with E-state index in [0.717, 1.165) is 9.99 Å². The number of nitrogens with zero attached hydrogens (tertiary/aromatic N) is 1. The lowest BCUT2D eigenvalue weighted by atomic mass is 10.3. The van der Waals surface area contributed by atoms with Crippen molar-refractivity contribution in [3.05, 3.63) is 21.9 Å². The number of aromatic nitrogens is 1. The van der Waals surface area contributed by atoms with Crippen molar-refractivity contribution >= 4 is 34.3 Å². The smallest absolute Gasteiger partial charge is 0.228 e. The first-order valence-corrected chi connectivity index (χ1v) is 5.67. The van der Waals surface area contributed by atoms with Gasteiger partial charge >= 0.3 is 0 Å². The van der Waals surface area contributed by atoms with Gasteiger partial charge in [-0.15, -0.1) is 0 Å². The van der Waals surface area contributed by atoms with Crippen LogP contribution in [0.1, 0.15) is 13.3 Å². The van der Waals surface area contributed by atoms with Crippen molar-refractivity contribution in [1.29, 1.82) is 0 Å². The second-order valence-corrected chi connectivity index (χ2v) is 4.92. The van der Waals surface area contributed by atoms with Gasteiger partial charge in [0.15, 0.2) is 0 Å². The van der Waals surface area contributed by atoms with Crippen molar-refractivity contribution in [2.75, 3.05) is 5.32 Å². The van der Waals surface area contributed by atoms with Crippen LogP contribution in [0.4, 0.5) is 5.82 Å². The molecule has 1 aromatic rings. The van der Waals surface area contributed by atoms with E-state index in [2.05, 4.69) is 39.8 Å². The van der Waals surface area contributed by atoms with Crippen LogP contribution < -0.4 is 5.32 Å². The average Bonchev–Trinajstić information content (AvgIpc) is 2.87. The predicted molar refractivity (Wildman–Crippen MR) is 62.9 cm³/mol. The molecule has 1 saturated carbocycles. The summed E-state index contributed by atoms with van der Waals surface area (Å²) in [6, 6.07) is 3.76. The molecule has 1 N–H and O–H groups in total. The maximum absolute atomic E-state index is 11.5. The van der Waals surface area contributed by atoms with Crippen LogP contribution in [0.5, 0.6) is 0 Å². The van der Waals surface area contributed by atoms with Crippen LogP contribution in [-0.2, 0) is 4.79 Å². The Morgan fingerprint density at radius 3 is 2.86 bits per heavy atom. The zero-order valence-electron chi connectivity index (χ0n) is 7.83. The van der Waals surface area contributed by atoms with Gasteiger partial charge in [0, 0.05) is 15.7 Å². The van der Waals surface area contributed by atoms with Crippen molar-refractivity contribution < 1.29 is 4.79 Å². The van der Waals surface area contributed by atoms with E-state index in [-0.39, 0.29) is 11.8 Å². The average molecular weight is 302 g/mol.